The number of hydrogen-bond acceptors (Lipinski definition) is 1. The van der Waals surface area contributed by atoms with E-state index in [4.69, 9.17) is 0 Å². The molecule has 0 saturated carbocycles. The van der Waals surface area contributed by atoms with E-state index in [-0.39, 0.29) is 20.7 Å². The average molecular weight is 317 g/mol. The predicted octanol–water partition coefficient (Wildman–Crippen LogP) is 2.24. The number of hydrogen-bond donors (Lipinski definition) is 0. The van der Waals surface area contributed by atoms with Gasteiger partial charge in [-0.25, -0.2) is 0 Å². The molecule has 0 saturated heterocycles. The van der Waals surface area contributed by atoms with Gasteiger partial charge in [0.1, 0.15) is 0 Å². The predicted molar refractivity (Wildman–Crippen MR) is 64.6 cm³/mol. The molecule has 0 N–H and O–H groups in total. The molecule has 0 radical (unpaired) electrons. The van der Waals surface area contributed by atoms with Crippen LogP contribution in [0.2, 0.25) is 0 Å². The number of halogens is 3. The average Bonchev–Trinajstić information content (AvgIpc) is 2.31. The van der Waals surface area contributed by atoms with Gasteiger partial charge >= 0.3 is 108 Å². The fourth-order valence-corrected chi connectivity index (χ4v) is 3.09. The molecule has 0 heterocycles. The number of benzene rings is 2. The topological polar surface area (TPSA) is 9.23 Å². The van der Waals surface area contributed by atoms with Gasteiger partial charge in [-0.2, -0.15) is 0 Å². The molecule has 0 unspecified atom stereocenters. The fourth-order valence-electron chi connectivity index (χ4n) is 1.33. The summed E-state index contributed by atoms with van der Waals surface area (Å²) in [6.07, 6.45) is -4.63. The van der Waals surface area contributed by atoms with Crippen molar-refractivity contribution in [1.82, 2.24) is 0 Å². The van der Waals surface area contributed by atoms with Crippen LogP contribution in [0.5, 0.6) is 5.75 Å². The van der Waals surface area contributed by atoms with Crippen molar-refractivity contribution in [3.05, 3.63) is 54.6 Å². The zero-order valence-electron chi connectivity index (χ0n) is 9.15. The Kier molecular flexibility index (Phi) is 3.94. The fraction of sp³-hybridized carbons (Fsp3) is 0.0769. The number of rotatable bonds is 3. The summed E-state index contributed by atoms with van der Waals surface area (Å²) in [4.78, 5) is 0. The molecule has 0 aliphatic carbocycles. The molecule has 0 bridgehead atoms. The van der Waals surface area contributed by atoms with E-state index in [0.29, 0.717) is 0 Å². The van der Waals surface area contributed by atoms with E-state index in [0.717, 1.165) is 4.46 Å². The molecule has 18 heavy (non-hydrogen) atoms. The van der Waals surface area contributed by atoms with Crippen LogP contribution in [0.4, 0.5) is 13.2 Å². The Morgan fingerprint density at radius 2 is 1.33 bits per heavy atom. The van der Waals surface area contributed by atoms with Gasteiger partial charge in [0.25, 0.3) is 0 Å². The summed E-state index contributed by atoms with van der Waals surface area (Å²) < 4.78 is 41.9. The van der Waals surface area contributed by atoms with E-state index >= 15 is 0 Å². The first-order valence-electron chi connectivity index (χ1n) is 5.12. The molecule has 0 fully saturated rings. The summed E-state index contributed by atoms with van der Waals surface area (Å²) in [5.74, 6) is -0.185. The molecule has 0 atom stereocenters. The maximum absolute atomic E-state index is 12.0. The third-order valence-corrected chi connectivity index (χ3v) is 4.17. The van der Waals surface area contributed by atoms with Crippen LogP contribution in [0.25, 0.3) is 0 Å². The molecule has 2 rings (SSSR count). The van der Waals surface area contributed by atoms with Crippen LogP contribution in [-0.4, -0.2) is 21.3 Å². The molecule has 5 heteroatoms. The molecule has 2 aromatic carbocycles. The van der Waals surface area contributed by atoms with Crippen molar-refractivity contribution in [3.63, 3.8) is 0 Å². The van der Waals surface area contributed by atoms with Crippen molar-refractivity contribution >= 4 is 23.9 Å². The Morgan fingerprint density at radius 3 is 1.89 bits per heavy atom. The Morgan fingerprint density at radius 1 is 0.778 bits per heavy atom. The van der Waals surface area contributed by atoms with Crippen LogP contribution in [0.3, 0.4) is 0 Å². The summed E-state index contributed by atoms with van der Waals surface area (Å²) in [6, 6.07) is 15.8. The van der Waals surface area contributed by atoms with Crippen LogP contribution in [0.1, 0.15) is 0 Å². The second kappa shape index (κ2) is 5.46. The minimum absolute atomic E-state index is 0.0953. The quantitative estimate of drug-likeness (QED) is 0.789. The van der Waals surface area contributed by atoms with Gasteiger partial charge in [0.05, 0.1) is 0 Å². The third kappa shape index (κ3) is 4.09. The van der Waals surface area contributed by atoms with Gasteiger partial charge in [-0.3, -0.25) is 0 Å². The van der Waals surface area contributed by atoms with Gasteiger partial charge < -0.3 is 0 Å². The monoisotopic (exact) mass is 318 g/mol. The second-order valence-electron chi connectivity index (χ2n) is 3.43. The van der Waals surface area contributed by atoms with Crippen molar-refractivity contribution in [2.45, 2.75) is 6.36 Å². The maximum atomic E-state index is 12.0. The van der Waals surface area contributed by atoms with Crippen molar-refractivity contribution in [3.8, 4) is 5.75 Å². The molecule has 0 aliphatic heterocycles. The Bertz CT molecular complexity index is 494. The molecule has 1 nitrogen and oxygen atoms in total. The van der Waals surface area contributed by atoms with E-state index in [1.807, 2.05) is 30.3 Å². The van der Waals surface area contributed by atoms with Gasteiger partial charge in [0, 0.05) is 0 Å². The van der Waals surface area contributed by atoms with Gasteiger partial charge in [-0.1, -0.05) is 0 Å². The van der Waals surface area contributed by atoms with Crippen LogP contribution in [0, 0.1) is 0 Å². The zero-order chi connectivity index (χ0) is 13.0. The van der Waals surface area contributed by atoms with Crippen molar-refractivity contribution < 1.29 is 17.9 Å². The molecular formula is C13H9F3OSe. The molecule has 0 aromatic heterocycles. The Hall–Kier alpha value is -1.45. The van der Waals surface area contributed by atoms with E-state index in [1.54, 1.807) is 12.1 Å². The normalized spacial score (nSPS) is 11.3. The van der Waals surface area contributed by atoms with Crippen molar-refractivity contribution in [1.29, 1.82) is 0 Å². The summed E-state index contributed by atoms with van der Waals surface area (Å²) in [6.45, 7) is 0. The molecule has 0 aliphatic rings. The van der Waals surface area contributed by atoms with Crippen molar-refractivity contribution in [2.75, 3.05) is 0 Å². The number of alkyl halides is 3. The molecule has 0 amide bonds. The molecule has 0 spiro atoms. The summed E-state index contributed by atoms with van der Waals surface area (Å²) >= 11 is 0.0953. The van der Waals surface area contributed by atoms with Gasteiger partial charge in [-0.15, -0.1) is 0 Å². The summed E-state index contributed by atoms with van der Waals surface area (Å²) in [7, 11) is 0. The first-order valence-corrected chi connectivity index (χ1v) is 6.83. The van der Waals surface area contributed by atoms with Gasteiger partial charge in [0.15, 0.2) is 0 Å². The Balaban J connectivity index is 2.04. The van der Waals surface area contributed by atoms with Crippen LogP contribution in [-0.2, 0) is 0 Å². The van der Waals surface area contributed by atoms with Crippen LogP contribution < -0.4 is 13.7 Å². The zero-order valence-corrected chi connectivity index (χ0v) is 10.9. The summed E-state index contributed by atoms with van der Waals surface area (Å²) in [5.41, 5.74) is 0. The second-order valence-corrected chi connectivity index (χ2v) is 5.84. The first-order chi connectivity index (χ1) is 8.53. The van der Waals surface area contributed by atoms with E-state index < -0.39 is 6.36 Å². The SMILES string of the molecule is FC(F)(F)Oc1ccc([Se]c2ccccc2)cc1. The van der Waals surface area contributed by atoms with Crippen LogP contribution >= 0.6 is 0 Å². The first kappa shape index (κ1) is 13.0. The Labute approximate surface area is 109 Å². The van der Waals surface area contributed by atoms with E-state index in [2.05, 4.69) is 4.74 Å². The van der Waals surface area contributed by atoms with E-state index in [9.17, 15) is 13.2 Å². The van der Waals surface area contributed by atoms with Crippen LogP contribution in [0.15, 0.2) is 54.6 Å². The molecular weight excluding hydrogens is 308 g/mol. The minimum atomic E-state index is -4.63. The third-order valence-electron chi connectivity index (χ3n) is 2.04. The standard InChI is InChI=1S/C13H9F3OSe/c14-13(15,16)17-10-6-8-12(9-7-10)18-11-4-2-1-3-5-11/h1-9H. The number of ether oxygens (including phenoxy) is 1. The van der Waals surface area contributed by atoms with E-state index in [1.165, 1.54) is 16.6 Å². The van der Waals surface area contributed by atoms with Crippen molar-refractivity contribution in [2.24, 2.45) is 0 Å². The van der Waals surface area contributed by atoms with Gasteiger partial charge in [0.2, 0.25) is 0 Å². The van der Waals surface area contributed by atoms with Gasteiger partial charge in [-0.05, 0) is 0 Å². The summed E-state index contributed by atoms with van der Waals surface area (Å²) in [5, 5.41) is 0. The molecule has 2 aromatic rings. The molecule has 94 valence electrons.